The molecule has 0 aliphatic carbocycles. The average Bonchev–Trinajstić information content (AvgIpc) is 2.94. The van der Waals surface area contributed by atoms with E-state index in [1.165, 1.54) is 12.1 Å². The van der Waals surface area contributed by atoms with Crippen molar-refractivity contribution in [1.82, 2.24) is 10.5 Å². The molecule has 1 aromatic carbocycles. The highest BCUT2D eigenvalue weighted by Crippen LogP contribution is 2.18. The van der Waals surface area contributed by atoms with E-state index in [1.54, 1.807) is 12.1 Å². The van der Waals surface area contributed by atoms with Gasteiger partial charge in [0.15, 0.2) is 0 Å². The van der Waals surface area contributed by atoms with E-state index in [1.807, 2.05) is 13.8 Å². The van der Waals surface area contributed by atoms with Crippen LogP contribution in [0.4, 0.5) is 4.39 Å². The van der Waals surface area contributed by atoms with E-state index in [2.05, 4.69) is 10.5 Å². The summed E-state index contributed by atoms with van der Waals surface area (Å²) in [5, 5.41) is 16.6. The van der Waals surface area contributed by atoms with Crippen molar-refractivity contribution in [3.8, 4) is 0 Å². The standard InChI is InChI=1S/C17H21FN2O3/c1-3-14-12(16(4-2)23-20-14)9-17(22)19-10-15(21)11-7-5-6-8-13(11)18/h5-8,15,21H,3-4,9-10H2,1-2H3,(H,19,22). The maximum Gasteiger partial charge on any atom is 0.224 e. The third-order valence-electron chi connectivity index (χ3n) is 3.70. The van der Waals surface area contributed by atoms with Gasteiger partial charge in [0.25, 0.3) is 0 Å². The number of hydrogen-bond acceptors (Lipinski definition) is 4. The summed E-state index contributed by atoms with van der Waals surface area (Å²) in [5.41, 5.74) is 1.74. The number of hydrogen-bond donors (Lipinski definition) is 2. The first-order valence-corrected chi connectivity index (χ1v) is 7.72. The molecule has 23 heavy (non-hydrogen) atoms. The molecule has 0 spiro atoms. The molecule has 0 saturated heterocycles. The number of aromatic nitrogens is 1. The van der Waals surface area contributed by atoms with Gasteiger partial charge in [0.1, 0.15) is 11.6 Å². The molecule has 6 heteroatoms. The van der Waals surface area contributed by atoms with Gasteiger partial charge in [-0.05, 0) is 12.5 Å². The van der Waals surface area contributed by atoms with Gasteiger partial charge in [0.05, 0.1) is 18.2 Å². The molecule has 1 heterocycles. The normalized spacial score (nSPS) is 12.2. The number of aryl methyl sites for hydroxylation is 2. The number of nitrogens with one attached hydrogen (secondary N) is 1. The summed E-state index contributed by atoms with van der Waals surface area (Å²) in [6.45, 7) is 3.83. The van der Waals surface area contributed by atoms with E-state index in [0.29, 0.717) is 18.6 Å². The zero-order valence-electron chi connectivity index (χ0n) is 13.3. The third-order valence-corrected chi connectivity index (χ3v) is 3.70. The van der Waals surface area contributed by atoms with Gasteiger partial charge < -0.3 is 14.9 Å². The number of rotatable bonds is 7. The van der Waals surface area contributed by atoms with Crippen molar-refractivity contribution in [2.45, 2.75) is 39.2 Å². The minimum absolute atomic E-state index is 0.0477. The lowest BCUT2D eigenvalue weighted by molar-refractivity contribution is -0.120. The number of carbonyl (C=O) groups is 1. The van der Waals surface area contributed by atoms with Crippen LogP contribution in [0, 0.1) is 5.82 Å². The Morgan fingerprint density at radius 1 is 1.35 bits per heavy atom. The van der Waals surface area contributed by atoms with Crippen molar-refractivity contribution < 1.29 is 18.8 Å². The Balaban J connectivity index is 1.96. The number of nitrogens with zero attached hydrogens (tertiary/aromatic N) is 1. The summed E-state index contributed by atoms with van der Waals surface area (Å²) < 4.78 is 18.8. The molecule has 1 unspecified atom stereocenters. The number of aliphatic hydroxyl groups is 1. The van der Waals surface area contributed by atoms with Crippen LogP contribution in [0.1, 0.15) is 42.5 Å². The van der Waals surface area contributed by atoms with Gasteiger partial charge in [-0.25, -0.2) is 4.39 Å². The van der Waals surface area contributed by atoms with E-state index < -0.39 is 11.9 Å². The van der Waals surface area contributed by atoms with Crippen LogP contribution in [0.15, 0.2) is 28.8 Å². The highest BCUT2D eigenvalue weighted by molar-refractivity contribution is 5.79. The Kier molecular flexibility index (Phi) is 5.87. The van der Waals surface area contributed by atoms with Crippen molar-refractivity contribution in [3.63, 3.8) is 0 Å². The number of amides is 1. The Morgan fingerprint density at radius 2 is 2.09 bits per heavy atom. The highest BCUT2D eigenvalue weighted by atomic mass is 19.1. The molecule has 0 aliphatic heterocycles. The van der Waals surface area contributed by atoms with Crippen LogP contribution in [0.25, 0.3) is 0 Å². The second-order valence-electron chi connectivity index (χ2n) is 5.26. The SMILES string of the molecule is CCc1noc(CC)c1CC(=O)NCC(O)c1ccccc1F. The van der Waals surface area contributed by atoms with Gasteiger partial charge in [-0.2, -0.15) is 0 Å². The Morgan fingerprint density at radius 3 is 2.74 bits per heavy atom. The summed E-state index contributed by atoms with van der Waals surface area (Å²) in [7, 11) is 0. The number of carbonyl (C=O) groups excluding carboxylic acids is 1. The van der Waals surface area contributed by atoms with Crippen LogP contribution in [0.3, 0.4) is 0 Å². The first kappa shape index (κ1) is 17.1. The first-order valence-electron chi connectivity index (χ1n) is 7.72. The fourth-order valence-electron chi connectivity index (χ4n) is 2.43. The molecule has 0 aliphatic rings. The van der Waals surface area contributed by atoms with Crippen LogP contribution in [-0.2, 0) is 24.1 Å². The molecule has 2 rings (SSSR count). The molecule has 0 saturated carbocycles. The minimum atomic E-state index is -1.08. The lowest BCUT2D eigenvalue weighted by Gasteiger charge is -2.13. The van der Waals surface area contributed by atoms with Crippen molar-refractivity contribution in [2.75, 3.05) is 6.54 Å². The molecule has 1 amide bonds. The topological polar surface area (TPSA) is 75.4 Å². The van der Waals surface area contributed by atoms with Gasteiger partial charge in [-0.15, -0.1) is 0 Å². The molecule has 124 valence electrons. The van der Waals surface area contributed by atoms with E-state index in [-0.39, 0.29) is 24.4 Å². The fraction of sp³-hybridized carbons (Fsp3) is 0.412. The highest BCUT2D eigenvalue weighted by Gasteiger charge is 2.18. The molecule has 0 fully saturated rings. The van der Waals surface area contributed by atoms with Crippen molar-refractivity contribution in [3.05, 3.63) is 52.7 Å². The van der Waals surface area contributed by atoms with E-state index >= 15 is 0 Å². The summed E-state index contributed by atoms with van der Waals surface area (Å²) in [6.07, 6.45) is 0.399. The predicted molar refractivity (Wildman–Crippen MR) is 83.3 cm³/mol. The van der Waals surface area contributed by atoms with Gasteiger partial charge in [0, 0.05) is 24.1 Å². The number of halogens is 1. The first-order chi connectivity index (χ1) is 11.1. The van der Waals surface area contributed by atoms with Crippen molar-refractivity contribution >= 4 is 5.91 Å². The number of benzene rings is 1. The summed E-state index contributed by atoms with van der Waals surface area (Å²) in [5.74, 6) is -0.0468. The van der Waals surface area contributed by atoms with Crippen LogP contribution in [0.2, 0.25) is 0 Å². The summed E-state index contributed by atoms with van der Waals surface area (Å²) in [4.78, 5) is 12.1. The molecule has 1 aromatic heterocycles. The molecule has 1 atom stereocenters. The third kappa shape index (κ3) is 4.16. The molecule has 0 bridgehead atoms. The van der Waals surface area contributed by atoms with Gasteiger partial charge >= 0.3 is 0 Å². The molecule has 5 nitrogen and oxygen atoms in total. The Hall–Kier alpha value is -2.21. The number of aliphatic hydroxyl groups excluding tert-OH is 1. The lowest BCUT2D eigenvalue weighted by Crippen LogP contribution is -2.30. The smallest absolute Gasteiger partial charge is 0.224 e. The minimum Gasteiger partial charge on any atom is -0.386 e. The maximum atomic E-state index is 13.6. The van der Waals surface area contributed by atoms with E-state index in [0.717, 1.165) is 11.3 Å². The van der Waals surface area contributed by atoms with Gasteiger partial charge in [-0.1, -0.05) is 37.2 Å². The Labute approximate surface area is 134 Å². The molecular formula is C17H21FN2O3. The predicted octanol–water partition coefficient (Wildman–Crippen LogP) is 2.33. The average molecular weight is 320 g/mol. The Bertz CT molecular complexity index is 648. The zero-order chi connectivity index (χ0) is 16.8. The molecule has 2 aromatic rings. The van der Waals surface area contributed by atoms with E-state index in [4.69, 9.17) is 4.52 Å². The lowest BCUT2D eigenvalue weighted by atomic mass is 10.1. The second kappa shape index (κ2) is 7.87. The fourth-order valence-corrected chi connectivity index (χ4v) is 2.43. The van der Waals surface area contributed by atoms with Crippen molar-refractivity contribution in [1.29, 1.82) is 0 Å². The van der Waals surface area contributed by atoms with Crippen LogP contribution < -0.4 is 5.32 Å². The van der Waals surface area contributed by atoms with Crippen LogP contribution in [0.5, 0.6) is 0 Å². The quantitative estimate of drug-likeness (QED) is 0.821. The van der Waals surface area contributed by atoms with Crippen LogP contribution in [-0.4, -0.2) is 22.7 Å². The zero-order valence-corrected chi connectivity index (χ0v) is 13.3. The van der Waals surface area contributed by atoms with Gasteiger partial charge in [-0.3, -0.25) is 4.79 Å². The molecule has 2 N–H and O–H groups in total. The molecular weight excluding hydrogens is 299 g/mol. The largest absolute Gasteiger partial charge is 0.386 e. The van der Waals surface area contributed by atoms with Crippen LogP contribution >= 0.6 is 0 Å². The van der Waals surface area contributed by atoms with Crippen molar-refractivity contribution in [2.24, 2.45) is 0 Å². The van der Waals surface area contributed by atoms with Gasteiger partial charge in [0.2, 0.25) is 5.91 Å². The second-order valence-corrected chi connectivity index (χ2v) is 5.26. The maximum absolute atomic E-state index is 13.6. The van der Waals surface area contributed by atoms with E-state index in [9.17, 15) is 14.3 Å². The monoisotopic (exact) mass is 320 g/mol. The summed E-state index contributed by atoms with van der Waals surface area (Å²) >= 11 is 0. The summed E-state index contributed by atoms with van der Waals surface area (Å²) in [6, 6.07) is 5.96. The molecule has 0 radical (unpaired) electrons.